The zero-order chi connectivity index (χ0) is 16.9. The van der Waals surface area contributed by atoms with Crippen molar-refractivity contribution in [2.24, 2.45) is 0 Å². The van der Waals surface area contributed by atoms with Crippen LogP contribution in [0, 0.1) is 5.82 Å². The van der Waals surface area contributed by atoms with E-state index in [1.807, 2.05) is 42.2 Å². The summed E-state index contributed by atoms with van der Waals surface area (Å²) in [7, 11) is 0. The van der Waals surface area contributed by atoms with Crippen LogP contribution in [0.4, 0.5) is 10.1 Å². The fourth-order valence-corrected chi connectivity index (χ4v) is 3.82. The van der Waals surface area contributed by atoms with Gasteiger partial charge in [-0.15, -0.1) is 11.8 Å². The molecule has 126 valence electrons. The molecule has 1 heterocycles. The predicted octanol–water partition coefficient (Wildman–Crippen LogP) is 3.66. The van der Waals surface area contributed by atoms with Gasteiger partial charge in [0.1, 0.15) is 5.82 Å². The Bertz CT molecular complexity index is 670. The van der Waals surface area contributed by atoms with E-state index < -0.39 is 0 Å². The lowest BCUT2D eigenvalue weighted by molar-refractivity contribution is -0.130. The maximum atomic E-state index is 13.0. The van der Waals surface area contributed by atoms with Crippen LogP contribution in [0.1, 0.15) is 6.92 Å². The quantitative estimate of drug-likeness (QED) is 0.791. The van der Waals surface area contributed by atoms with Gasteiger partial charge in [0.05, 0.1) is 5.25 Å². The topological polar surface area (TPSA) is 23.6 Å². The van der Waals surface area contributed by atoms with E-state index in [0.29, 0.717) is 13.1 Å². The van der Waals surface area contributed by atoms with Gasteiger partial charge in [0.15, 0.2) is 0 Å². The van der Waals surface area contributed by atoms with Gasteiger partial charge in [0.2, 0.25) is 5.91 Å². The van der Waals surface area contributed by atoms with Crippen LogP contribution >= 0.6 is 11.8 Å². The van der Waals surface area contributed by atoms with Crippen molar-refractivity contribution in [1.82, 2.24) is 4.90 Å². The number of carbonyl (C=O) groups excluding carboxylic acids is 1. The molecule has 1 fully saturated rings. The molecule has 3 rings (SSSR count). The second-order valence-corrected chi connectivity index (χ2v) is 7.28. The summed E-state index contributed by atoms with van der Waals surface area (Å²) in [6, 6.07) is 16.5. The number of piperazine rings is 1. The summed E-state index contributed by atoms with van der Waals surface area (Å²) >= 11 is 1.60. The van der Waals surface area contributed by atoms with Crippen LogP contribution in [-0.4, -0.2) is 42.2 Å². The van der Waals surface area contributed by atoms with Gasteiger partial charge in [-0.3, -0.25) is 4.79 Å². The number of anilines is 1. The second-order valence-electron chi connectivity index (χ2n) is 5.86. The number of amides is 1. The molecule has 0 unspecified atom stereocenters. The fourth-order valence-electron chi connectivity index (χ4n) is 2.85. The minimum absolute atomic E-state index is 0.0928. The molecule has 0 spiro atoms. The van der Waals surface area contributed by atoms with Gasteiger partial charge in [-0.05, 0) is 43.3 Å². The minimum Gasteiger partial charge on any atom is -0.368 e. The number of hydrogen-bond acceptors (Lipinski definition) is 3. The van der Waals surface area contributed by atoms with Gasteiger partial charge >= 0.3 is 0 Å². The Morgan fingerprint density at radius 3 is 2.25 bits per heavy atom. The van der Waals surface area contributed by atoms with Crippen molar-refractivity contribution in [3.8, 4) is 0 Å². The van der Waals surface area contributed by atoms with Crippen LogP contribution in [-0.2, 0) is 4.79 Å². The molecule has 1 atom stereocenters. The van der Waals surface area contributed by atoms with Gasteiger partial charge < -0.3 is 9.80 Å². The molecule has 0 bridgehead atoms. The van der Waals surface area contributed by atoms with Gasteiger partial charge in [-0.25, -0.2) is 4.39 Å². The SMILES string of the molecule is C[C@H](Sc1ccccc1)C(=O)N1CCN(c2ccc(F)cc2)CC1. The number of thioether (sulfide) groups is 1. The van der Waals surface area contributed by atoms with Crippen molar-refractivity contribution in [3.05, 3.63) is 60.4 Å². The number of nitrogens with zero attached hydrogens (tertiary/aromatic N) is 2. The van der Waals surface area contributed by atoms with E-state index in [1.54, 1.807) is 23.9 Å². The van der Waals surface area contributed by atoms with Crippen molar-refractivity contribution >= 4 is 23.4 Å². The number of carbonyl (C=O) groups is 1. The molecule has 24 heavy (non-hydrogen) atoms. The molecule has 3 nitrogen and oxygen atoms in total. The first-order valence-corrected chi connectivity index (χ1v) is 9.02. The molecule has 2 aromatic carbocycles. The largest absolute Gasteiger partial charge is 0.368 e. The zero-order valence-electron chi connectivity index (χ0n) is 13.7. The number of halogens is 1. The maximum Gasteiger partial charge on any atom is 0.235 e. The molecule has 0 radical (unpaired) electrons. The van der Waals surface area contributed by atoms with Crippen molar-refractivity contribution in [2.75, 3.05) is 31.1 Å². The van der Waals surface area contributed by atoms with Crippen LogP contribution in [0.3, 0.4) is 0 Å². The molecular formula is C19H21FN2OS. The zero-order valence-corrected chi connectivity index (χ0v) is 14.5. The van der Waals surface area contributed by atoms with E-state index in [0.717, 1.165) is 23.7 Å². The van der Waals surface area contributed by atoms with E-state index >= 15 is 0 Å². The van der Waals surface area contributed by atoms with E-state index in [-0.39, 0.29) is 17.0 Å². The highest BCUT2D eigenvalue weighted by molar-refractivity contribution is 8.00. The molecule has 1 aliphatic rings. The highest BCUT2D eigenvalue weighted by atomic mass is 32.2. The summed E-state index contributed by atoms with van der Waals surface area (Å²) in [5.41, 5.74) is 1.01. The van der Waals surface area contributed by atoms with Crippen molar-refractivity contribution in [3.63, 3.8) is 0 Å². The predicted molar refractivity (Wildman–Crippen MR) is 97.0 cm³/mol. The Balaban J connectivity index is 1.54. The molecule has 1 amide bonds. The van der Waals surface area contributed by atoms with E-state index in [4.69, 9.17) is 0 Å². The fraction of sp³-hybridized carbons (Fsp3) is 0.316. The van der Waals surface area contributed by atoms with Crippen LogP contribution in [0.5, 0.6) is 0 Å². The summed E-state index contributed by atoms with van der Waals surface area (Å²) < 4.78 is 13.0. The van der Waals surface area contributed by atoms with Crippen LogP contribution in [0.25, 0.3) is 0 Å². The first-order chi connectivity index (χ1) is 11.6. The summed E-state index contributed by atoms with van der Waals surface area (Å²) in [6.45, 7) is 4.93. The average molecular weight is 344 g/mol. The Morgan fingerprint density at radius 2 is 1.62 bits per heavy atom. The first-order valence-electron chi connectivity index (χ1n) is 8.14. The molecule has 5 heteroatoms. The van der Waals surface area contributed by atoms with Gasteiger partial charge in [-0.1, -0.05) is 18.2 Å². The summed E-state index contributed by atoms with van der Waals surface area (Å²) in [6.07, 6.45) is 0. The molecule has 0 aromatic heterocycles. The molecule has 0 saturated carbocycles. The van der Waals surface area contributed by atoms with Crippen LogP contribution < -0.4 is 4.90 Å². The summed E-state index contributed by atoms with van der Waals surface area (Å²) in [5.74, 6) is -0.0399. The molecule has 2 aromatic rings. The lowest BCUT2D eigenvalue weighted by Gasteiger charge is -2.37. The third kappa shape index (κ3) is 4.09. The standard InChI is InChI=1S/C19H21FN2OS/c1-15(24-18-5-3-2-4-6-18)19(23)22-13-11-21(12-14-22)17-9-7-16(20)8-10-17/h2-10,15H,11-14H2,1H3/t15-/m0/s1. The van der Waals surface area contributed by atoms with E-state index in [9.17, 15) is 9.18 Å². The normalized spacial score (nSPS) is 16.1. The van der Waals surface area contributed by atoms with Gasteiger partial charge in [-0.2, -0.15) is 0 Å². The number of hydrogen-bond donors (Lipinski definition) is 0. The summed E-state index contributed by atoms with van der Waals surface area (Å²) in [4.78, 5) is 17.9. The smallest absolute Gasteiger partial charge is 0.235 e. The van der Waals surface area contributed by atoms with Gasteiger partial charge in [0.25, 0.3) is 0 Å². The Labute approximate surface area is 146 Å². The summed E-state index contributed by atoms with van der Waals surface area (Å²) in [5, 5.41) is -0.0928. The van der Waals surface area contributed by atoms with E-state index in [2.05, 4.69) is 4.90 Å². The van der Waals surface area contributed by atoms with Crippen LogP contribution in [0.2, 0.25) is 0 Å². The monoisotopic (exact) mass is 344 g/mol. The minimum atomic E-state index is -0.223. The molecule has 0 N–H and O–H groups in total. The Morgan fingerprint density at radius 1 is 1.00 bits per heavy atom. The van der Waals surface area contributed by atoms with Crippen molar-refractivity contribution in [1.29, 1.82) is 0 Å². The number of benzene rings is 2. The van der Waals surface area contributed by atoms with Gasteiger partial charge in [0, 0.05) is 36.8 Å². The molecule has 1 saturated heterocycles. The lowest BCUT2D eigenvalue weighted by Crippen LogP contribution is -2.50. The average Bonchev–Trinajstić information content (AvgIpc) is 2.63. The number of rotatable bonds is 4. The first kappa shape index (κ1) is 16.8. The Hall–Kier alpha value is -2.01. The second kappa shape index (κ2) is 7.71. The van der Waals surface area contributed by atoms with E-state index in [1.165, 1.54) is 12.1 Å². The highest BCUT2D eigenvalue weighted by Crippen LogP contribution is 2.25. The molecular weight excluding hydrogens is 323 g/mol. The van der Waals surface area contributed by atoms with Crippen LogP contribution in [0.15, 0.2) is 59.5 Å². The maximum absolute atomic E-state index is 13.0. The third-order valence-corrected chi connectivity index (χ3v) is 5.29. The molecule has 0 aliphatic carbocycles. The Kier molecular flexibility index (Phi) is 5.41. The third-order valence-electron chi connectivity index (χ3n) is 4.19. The highest BCUT2D eigenvalue weighted by Gasteiger charge is 2.25. The van der Waals surface area contributed by atoms with Crippen molar-refractivity contribution in [2.45, 2.75) is 17.1 Å². The molecule has 1 aliphatic heterocycles. The van der Waals surface area contributed by atoms with Crippen molar-refractivity contribution < 1.29 is 9.18 Å². The lowest BCUT2D eigenvalue weighted by atomic mass is 10.2.